The Hall–Kier alpha value is -1.40. The fourth-order valence-electron chi connectivity index (χ4n) is 4.44. The first-order valence-electron chi connectivity index (χ1n) is 9.12. The molecule has 2 saturated heterocycles. The maximum Gasteiger partial charge on any atom is 0.257 e. The number of aliphatic hydroxyl groups excluding tert-OH is 1. The summed E-state index contributed by atoms with van der Waals surface area (Å²) in [5.74, 6) is 0.106. The van der Waals surface area contributed by atoms with Crippen molar-refractivity contribution in [3.05, 3.63) is 17.5 Å². The van der Waals surface area contributed by atoms with Gasteiger partial charge in [-0.3, -0.25) is 9.48 Å². The van der Waals surface area contributed by atoms with Crippen LogP contribution in [-0.4, -0.2) is 69.9 Å². The average molecular weight is 334 g/mol. The number of aromatic nitrogens is 2. The second-order valence-electron chi connectivity index (χ2n) is 7.71. The highest BCUT2D eigenvalue weighted by Crippen LogP contribution is 2.39. The van der Waals surface area contributed by atoms with Gasteiger partial charge in [0.05, 0.1) is 17.9 Å². The van der Waals surface area contributed by atoms with Crippen LogP contribution in [0, 0.1) is 12.3 Å². The van der Waals surface area contributed by atoms with E-state index in [-0.39, 0.29) is 17.4 Å². The molecule has 1 atom stereocenters. The number of piperidine rings is 2. The van der Waals surface area contributed by atoms with Gasteiger partial charge in [0.25, 0.3) is 5.91 Å². The van der Waals surface area contributed by atoms with E-state index in [1.54, 1.807) is 6.20 Å². The van der Waals surface area contributed by atoms with Crippen LogP contribution in [0.1, 0.15) is 48.7 Å². The highest BCUT2D eigenvalue weighted by molar-refractivity contribution is 5.95. The van der Waals surface area contributed by atoms with Crippen LogP contribution in [0.5, 0.6) is 0 Å². The van der Waals surface area contributed by atoms with Crippen molar-refractivity contribution in [3.8, 4) is 0 Å². The summed E-state index contributed by atoms with van der Waals surface area (Å²) < 4.78 is 1.92. The number of carbonyl (C=O) groups is 1. The summed E-state index contributed by atoms with van der Waals surface area (Å²) in [6.45, 7) is 8.29. The third-order valence-electron chi connectivity index (χ3n) is 5.68. The summed E-state index contributed by atoms with van der Waals surface area (Å²) in [6, 6.07) is 0. The number of β-amino-alcohol motifs (C(OH)–C–C–N with tert-alkyl or cyclic N) is 1. The van der Waals surface area contributed by atoms with Gasteiger partial charge in [0.2, 0.25) is 0 Å². The first kappa shape index (κ1) is 17.4. The quantitative estimate of drug-likeness (QED) is 0.910. The highest BCUT2D eigenvalue weighted by Gasteiger charge is 2.41. The average Bonchev–Trinajstić information content (AvgIpc) is 2.88. The van der Waals surface area contributed by atoms with Gasteiger partial charge in [0.1, 0.15) is 0 Å². The van der Waals surface area contributed by atoms with E-state index in [9.17, 15) is 9.90 Å². The van der Waals surface area contributed by atoms with Crippen molar-refractivity contribution >= 4 is 5.91 Å². The minimum atomic E-state index is -0.236. The van der Waals surface area contributed by atoms with Gasteiger partial charge in [-0.25, -0.2) is 0 Å². The van der Waals surface area contributed by atoms with Crippen molar-refractivity contribution in [3.63, 3.8) is 0 Å². The molecular weight excluding hydrogens is 304 g/mol. The van der Waals surface area contributed by atoms with E-state index in [1.807, 2.05) is 16.5 Å². The topological polar surface area (TPSA) is 61.6 Å². The SMILES string of the molecule is CCCn1ncc(C(=O)N2CCC3(CC2)CC(O)CN(C)C3)c1C. The second kappa shape index (κ2) is 6.84. The number of hydrogen-bond donors (Lipinski definition) is 1. The number of hydrogen-bond acceptors (Lipinski definition) is 4. The molecule has 24 heavy (non-hydrogen) atoms. The molecule has 1 unspecified atom stereocenters. The zero-order valence-electron chi connectivity index (χ0n) is 15.2. The lowest BCUT2D eigenvalue weighted by Gasteiger charge is -2.48. The Kier molecular flexibility index (Phi) is 4.97. The Morgan fingerprint density at radius 2 is 2.12 bits per heavy atom. The smallest absolute Gasteiger partial charge is 0.257 e. The van der Waals surface area contributed by atoms with Crippen LogP contribution in [0.25, 0.3) is 0 Å². The number of likely N-dealkylation sites (N-methyl/N-ethyl adjacent to an activating group) is 1. The van der Waals surface area contributed by atoms with Crippen LogP contribution >= 0.6 is 0 Å². The van der Waals surface area contributed by atoms with Crippen LogP contribution in [0.4, 0.5) is 0 Å². The van der Waals surface area contributed by atoms with Crippen molar-refractivity contribution in [2.75, 3.05) is 33.2 Å². The lowest BCUT2D eigenvalue weighted by atomic mass is 9.71. The predicted octanol–water partition coefficient (Wildman–Crippen LogP) is 1.52. The number of amides is 1. The first-order chi connectivity index (χ1) is 11.4. The van der Waals surface area contributed by atoms with Gasteiger partial charge < -0.3 is 14.9 Å². The molecule has 6 heteroatoms. The van der Waals surface area contributed by atoms with Gasteiger partial charge in [-0.1, -0.05) is 6.92 Å². The molecule has 2 aliphatic heterocycles. The number of aryl methyl sites for hydroxylation is 1. The summed E-state index contributed by atoms with van der Waals surface area (Å²) in [7, 11) is 2.08. The molecule has 2 aliphatic rings. The molecule has 3 rings (SSSR count). The predicted molar refractivity (Wildman–Crippen MR) is 92.9 cm³/mol. The Labute approximate surface area is 144 Å². The van der Waals surface area contributed by atoms with Crippen LogP contribution in [-0.2, 0) is 6.54 Å². The molecule has 1 N–H and O–H groups in total. The largest absolute Gasteiger partial charge is 0.392 e. The molecule has 0 radical (unpaired) electrons. The zero-order chi connectivity index (χ0) is 17.3. The van der Waals surface area contributed by atoms with Gasteiger partial charge in [-0.2, -0.15) is 5.10 Å². The standard InChI is InChI=1S/C18H30N4O2/c1-4-7-22-14(2)16(11-19-22)17(24)21-8-5-18(6-9-21)10-15(23)12-20(3)13-18/h11,15,23H,4-10,12-13H2,1-3H3. The maximum absolute atomic E-state index is 12.9. The van der Waals surface area contributed by atoms with E-state index in [0.717, 1.165) is 69.7 Å². The number of rotatable bonds is 3. The molecule has 0 aromatic carbocycles. The lowest BCUT2D eigenvalue weighted by Crippen LogP contribution is -2.53. The summed E-state index contributed by atoms with van der Waals surface area (Å²) in [5.41, 5.74) is 1.88. The minimum Gasteiger partial charge on any atom is -0.392 e. The maximum atomic E-state index is 12.9. The molecule has 1 amide bonds. The van der Waals surface area contributed by atoms with Gasteiger partial charge in [0, 0.05) is 38.4 Å². The Bertz CT molecular complexity index is 578. The van der Waals surface area contributed by atoms with Crippen LogP contribution in [0.15, 0.2) is 6.20 Å². The number of carbonyl (C=O) groups excluding carboxylic acids is 1. The van der Waals surface area contributed by atoms with Gasteiger partial charge >= 0.3 is 0 Å². The van der Waals surface area contributed by atoms with E-state index in [0.29, 0.717) is 0 Å². The van der Waals surface area contributed by atoms with Crippen molar-refractivity contribution in [2.45, 2.75) is 52.2 Å². The van der Waals surface area contributed by atoms with Crippen LogP contribution in [0.3, 0.4) is 0 Å². The number of likely N-dealkylation sites (tertiary alicyclic amines) is 2. The lowest BCUT2D eigenvalue weighted by molar-refractivity contribution is -0.0286. The minimum absolute atomic E-state index is 0.106. The molecule has 1 aromatic heterocycles. The van der Waals surface area contributed by atoms with Gasteiger partial charge in [-0.15, -0.1) is 0 Å². The monoisotopic (exact) mass is 334 g/mol. The molecule has 0 saturated carbocycles. The van der Waals surface area contributed by atoms with E-state index in [4.69, 9.17) is 0 Å². The van der Waals surface area contributed by atoms with Gasteiger partial charge in [-0.05, 0) is 45.1 Å². The van der Waals surface area contributed by atoms with Crippen LogP contribution < -0.4 is 0 Å². The molecule has 6 nitrogen and oxygen atoms in total. The van der Waals surface area contributed by atoms with Crippen LogP contribution in [0.2, 0.25) is 0 Å². The third kappa shape index (κ3) is 3.35. The van der Waals surface area contributed by atoms with Gasteiger partial charge in [0.15, 0.2) is 0 Å². The normalized spacial score (nSPS) is 24.5. The molecule has 1 spiro atoms. The fourth-order valence-corrected chi connectivity index (χ4v) is 4.44. The molecule has 0 aliphatic carbocycles. The number of nitrogens with zero attached hydrogens (tertiary/aromatic N) is 4. The summed E-state index contributed by atoms with van der Waals surface area (Å²) in [5, 5.41) is 14.5. The fraction of sp³-hybridized carbons (Fsp3) is 0.778. The molecule has 0 bridgehead atoms. The molecule has 134 valence electrons. The van der Waals surface area contributed by atoms with Crippen molar-refractivity contribution in [1.82, 2.24) is 19.6 Å². The number of aliphatic hydroxyl groups is 1. The Morgan fingerprint density at radius 1 is 1.42 bits per heavy atom. The van der Waals surface area contributed by atoms with E-state index >= 15 is 0 Å². The van der Waals surface area contributed by atoms with E-state index < -0.39 is 0 Å². The van der Waals surface area contributed by atoms with Crippen molar-refractivity contribution < 1.29 is 9.90 Å². The van der Waals surface area contributed by atoms with E-state index in [2.05, 4.69) is 24.0 Å². The highest BCUT2D eigenvalue weighted by atomic mass is 16.3. The van der Waals surface area contributed by atoms with Crippen molar-refractivity contribution in [2.24, 2.45) is 5.41 Å². The third-order valence-corrected chi connectivity index (χ3v) is 5.68. The molecule has 1 aromatic rings. The Morgan fingerprint density at radius 3 is 2.75 bits per heavy atom. The summed E-state index contributed by atoms with van der Waals surface area (Å²) in [4.78, 5) is 17.0. The Balaban J connectivity index is 1.65. The zero-order valence-corrected chi connectivity index (χ0v) is 15.2. The molecular formula is C18H30N4O2. The molecule has 3 heterocycles. The first-order valence-corrected chi connectivity index (χ1v) is 9.12. The second-order valence-corrected chi connectivity index (χ2v) is 7.71. The molecule has 2 fully saturated rings. The van der Waals surface area contributed by atoms with E-state index in [1.165, 1.54) is 0 Å². The summed E-state index contributed by atoms with van der Waals surface area (Å²) >= 11 is 0. The van der Waals surface area contributed by atoms with Crippen molar-refractivity contribution in [1.29, 1.82) is 0 Å². The summed E-state index contributed by atoms with van der Waals surface area (Å²) in [6.07, 6.45) is 5.31.